The summed E-state index contributed by atoms with van der Waals surface area (Å²) in [7, 11) is 0. The van der Waals surface area contributed by atoms with Crippen molar-refractivity contribution < 1.29 is 4.79 Å². The number of carbonyl (C=O) groups is 1. The molecule has 1 aromatic carbocycles. The lowest BCUT2D eigenvalue weighted by molar-refractivity contribution is -0.133. The van der Waals surface area contributed by atoms with Crippen LogP contribution in [0.25, 0.3) is 0 Å². The third-order valence-corrected chi connectivity index (χ3v) is 4.00. The number of amides is 1. The van der Waals surface area contributed by atoms with Gasteiger partial charge in [-0.15, -0.1) is 0 Å². The molecule has 0 unspecified atom stereocenters. The van der Waals surface area contributed by atoms with Crippen LogP contribution in [-0.4, -0.2) is 41.9 Å². The summed E-state index contributed by atoms with van der Waals surface area (Å²) in [6.45, 7) is 8.99. The van der Waals surface area contributed by atoms with E-state index >= 15 is 0 Å². The van der Waals surface area contributed by atoms with Gasteiger partial charge in [0.25, 0.3) is 0 Å². The van der Waals surface area contributed by atoms with Crippen molar-refractivity contribution in [1.82, 2.24) is 9.80 Å². The highest BCUT2D eigenvalue weighted by Crippen LogP contribution is 2.11. The lowest BCUT2D eigenvalue weighted by Crippen LogP contribution is -2.48. The summed E-state index contributed by atoms with van der Waals surface area (Å²) < 4.78 is 0. The Morgan fingerprint density at radius 3 is 2.35 bits per heavy atom. The van der Waals surface area contributed by atoms with E-state index in [-0.39, 0.29) is 0 Å². The molecule has 2 rings (SSSR count). The average Bonchev–Trinajstić information content (AvgIpc) is 2.48. The summed E-state index contributed by atoms with van der Waals surface area (Å²) in [6, 6.07) is 8.74. The first-order valence-corrected chi connectivity index (χ1v) is 7.74. The molecule has 0 saturated carbocycles. The van der Waals surface area contributed by atoms with E-state index in [4.69, 9.17) is 0 Å². The molecule has 1 aliphatic rings. The van der Waals surface area contributed by atoms with Gasteiger partial charge in [0.2, 0.25) is 5.91 Å². The largest absolute Gasteiger partial charge is 0.340 e. The Kier molecular flexibility index (Phi) is 5.60. The standard InChI is InChI=1S/C17H26N2O/c1-3-4-5-17(20)19-12-10-18(11-13-19)14-16-8-6-15(2)7-9-16/h6-9H,3-5,10-14H2,1-2H3. The van der Waals surface area contributed by atoms with Crippen LogP contribution in [0.5, 0.6) is 0 Å². The molecule has 3 heteroatoms. The second-order valence-corrected chi connectivity index (χ2v) is 5.75. The van der Waals surface area contributed by atoms with Crippen LogP contribution in [0.4, 0.5) is 0 Å². The van der Waals surface area contributed by atoms with Crippen LogP contribution in [0.2, 0.25) is 0 Å². The van der Waals surface area contributed by atoms with Crippen molar-refractivity contribution in [2.75, 3.05) is 26.2 Å². The SMILES string of the molecule is CCCCC(=O)N1CCN(Cc2ccc(C)cc2)CC1. The fraction of sp³-hybridized carbons (Fsp3) is 0.588. The van der Waals surface area contributed by atoms with Gasteiger partial charge in [-0.3, -0.25) is 9.69 Å². The van der Waals surface area contributed by atoms with E-state index in [0.717, 1.165) is 45.6 Å². The highest BCUT2D eigenvalue weighted by molar-refractivity contribution is 5.76. The molecule has 0 aliphatic carbocycles. The molecular weight excluding hydrogens is 248 g/mol. The van der Waals surface area contributed by atoms with Gasteiger partial charge in [-0.2, -0.15) is 0 Å². The van der Waals surface area contributed by atoms with Gasteiger partial charge in [-0.05, 0) is 18.9 Å². The Labute approximate surface area is 122 Å². The summed E-state index contributed by atoms with van der Waals surface area (Å²) in [4.78, 5) is 16.4. The molecule has 110 valence electrons. The molecule has 1 heterocycles. The summed E-state index contributed by atoms with van der Waals surface area (Å²) in [5.74, 6) is 0.335. The number of nitrogens with zero attached hydrogens (tertiary/aromatic N) is 2. The molecule has 1 fully saturated rings. The Hall–Kier alpha value is -1.35. The molecule has 1 aromatic rings. The van der Waals surface area contributed by atoms with E-state index in [2.05, 4.69) is 43.0 Å². The maximum atomic E-state index is 12.0. The number of rotatable bonds is 5. The maximum absolute atomic E-state index is 12.0. The van der Waals surface area contributed by atoms with Crippen molar-refractivity contribution >= 4 is 5.91 Å². The summed E-state index contributed by atoms with van der Waals surface area (Å²) in [5.41, 5.74) is 2.67. The molecule has 0 atom stereocenters. The minimum absolute atomic E-state index is 0.335. The third-order valence-electron chi connectivity index (χ3n) is 4.00. The van der Waals surface area contributed by atoms with Gasteiger partial charge in [0.15, 0.2) is 0 Å². The van der Waals surface area contributed by atoms with Gasteiger partial charge < -0.3 is 4.90 Å². The lowest BCUT2D eigenvalue weighted by Gasteiger charge is -2.34. The van der Waals surface area contributed by atoms with E-state index in [9.17, 15) is 4.79 Å². The van der Waals surface area contributed by atoms with Crippen molar-refractivity contribution in [1.29, 1.82) is 0 Å². The number of hydrogen-bond acceptors (Lipinski definition) is 2. The number of carbonyl (C=O) groups excluding carboxylic acids is 1. The van der Waals surface area contributed by atoms with Crippen LogP contribution >= 0.6 is 0 Å². The molecular formula is C17H26N2O. The fourth-order valence-corrected chi connectivity index (χ4v) is 2.59. The van der Waals surface area contributed by atoms with Crippen molar-refractivity contribution in [2.24, 2.45) is 0 Å². The molecule has 0 N–H and O–H groups in total. The van der Waals surface area contributed by atoms with Crippen LogP contribution in [0.3, 0.4) is 0 Å². The van der Waals surface area contributed by atoms with E-state index < -0.39 is 0 Å². The van der Waals surface area contributed by atoms with Crippen molar-refractivity contribution in [2.45, 2.75) is 39.7 Å². The monoisotopic (exact) mass is 274 g/mol. The maximum Gasteiger partial charge on any atom is 0.222 e. The number of unbranched alkanes of at least 4 members (excludes halogenated alkanes) is 1. The first kappa shape index (κ1) is 15.0. The van der Waals surface area contributed by atoms with Gasteiger partial charge in [-0.25, -0.2) is 0 Å². The topological polar surface area (TPSA) is 23.6 Å². The van der Waals surface area contributed by atoms with Crippen molar-refractivity contribution in [3.05, 3.63) is 35.4 Å². The van der Waals surface area contributed by atoms with E-state index in [1.54, 1.807) is 0 Å². The van der Waals surface area contributed by atoms with Gasteiger partial charge in [0.1, 0.15) is 0 Å². The normalized spacial score (nSPS) is 16.4. The van der Waals surface area contributed by atoms with Crippen LogP contribution in [0.1, 0.15) is 37.3 Å². The number of benzene rings is 1. The highest BCUT2D eigenvalue weighted by Gasteiger charge is 2.20. The molecule has 0 bridgehead atoms. The van der Waals surface area contributed by atoms with Gasteiger partial charge in [0, 0.05) is 39.1 Å². The summed E-state index contributed by atoms with van der Waals surface area (Å²) in [5, 5.41) is 0. The number of piperazine rings is 1. The van der Waals surface area contributed by atoms with Crippen LogP contribution in [0.15, 0.2) is 24.3 Å². The first-order chi connectivity index (χ1) is 9.69. The molecule has 0 radical (unpaired) electrons. The zero-order valence-corrected chi connectivity index (χ0v) is 12.8. The number of aryl methyl sites for hydroxylation is 1. The van der Waals surface area contributed by atoms with Gasteiger partial charge in [-0.1, -0.05) is 43.2 Å². The summed E-state index contributed by atoms with van der Waals surface area (Å²) in [6.07, 6.45) is 2.83. The predicted octanol–water partition coefficient (Wildman–Crippen LogP) is 2.83. The Morgan fingerprint density at radius 1 is 1.10 bits per heavy atom. The quantitative estimate of drug-likeness (QED) is 0.824. The molecule has 1 saturated heterocycles. The zero-order valence-electron chi connectivity index (χ0n) is 12.8. The van der Waals surface area contributed by atoms with Crippen LogP contribution < -0.4 is 0 Å². The third kappa shape index (κ3) is 4.34. The van der Waals surface area contributed by atoms with Crippen molar-refractivity contribution in [3.8, 4) is 0 Å². The minimum atomic E-state index is 0.335. The first-order valence-electron chi connectivity index (χ1n) is 7.74. The van der Waals surface area contributed by atoms with Crippen LogP contribution in [0, 0.1) is 6.92 Å². The molecule has 0 spiro atoms. The second-order valence-electron chi connectivity index (χ2n) is 5.75. The molecule has 1 amide bonds. The molecule has 1 aliphatic heterocycles. The van der Waals surface area contributed by atoms with Crippen molar-refractivity contribution in [3.63, 3.8) is 0 Å². The Balaban J connectivity index is 1.76. The molecule has 20 heavy (non-hydrogen) atoms. The Morgan fingerprint density at radius 2 is 1.75 bits per heavy atom. The predicted molar refractivity (Wildman–Crippen MR) is 82.6 cm³/mol. The average molecular weight is 274 g/mol. The smallest absolute Gasteiger partial charge is 0.222 e. The fourth-order valence-electron chi connectivity index (χ4n) is 2.59. The minimum Gasteiger partial charge on any atom is -0.340 e. The Bertz CT molecular complexity index is 419. The number of hydrogen-bond donors (Lipinski definition) is 0. The van der Waals surface area contributed by atoms with Gasteiger partial charge in [0.05, 0.1) is 0 Å². The van der Waals surface area contributed by atoms with E-state index in [0.29, 0.717) is 12.3 Å². The highest BCUT2D eigenvalue weighted by atomic mass is 16.2. The van der Waals surface area contributed by atoms with E-state index in [1.165, 1.54) is 11.1 Å². The zero-order chi connectivity index (χ0) is 14.4. The lowest BCUT2D eigenvalue weighted by atomic mass is 10.1. The second kappa shape index (κ2) is 7.44. The molecule has 3 nitrogen and oxygen atoms in total. The summed E-state index contributed by atoms with van der Waals surface area (Å²) >= 11 is 0. The van der Waals surface area contributed by atoms with Gasteiger partial charge >= 0.3 is 0 Å². The van der Waals surface area contributed by atoms with E-state index in [1.807, 2.05) is 4.90 Å². The van der Waals surface area contributed by atoms with Crippen LogP contribution in [-0.2, 0) is 11.3 Å². The molecule has 0 aromatic heterocycles.